The quantitative estimate of drug-likeness (QED) is 0.928. The molecule has 0 radical (unpaired) electrons. The molecular weight excluding hydrogens is 302 g/mol. The maximum absolute atomic E-state index is 6.58. The summed E-state index contributed by atoms with van der Waals surface area (Å²) in [4.78, 5) is 0. The average molecular weight is 320 g/mol. The van der Waals surface area contributed by atoms with Gasteiger partial charge < -0.3 is 10.5 Å². The number of hydrogen-bond donors (Lipinski definition) is 1. The van der Waals surface area contributed by atoms with Gasteiger partial charge in [-0.3, -0.25) is 0 Å². The van der Waals surface area contributed by atoms with Crippen molar-refractivity contribution >= 4 is 15.9 Å². The average Bonchev–Trinajstić information content (AvgIpc) is 2.38. The van der Waals surface area contributed by atoms with Gasteiger partial charge in [0.25, 0.3) is 0 Å². The Hall–Kier alpha value is -1.32. The van der Waals surface area contributed by atoms with Crippen LogP contribution in [0.4, 0.5) is 0 Å². The van der Waals surface area contributed by atoms with E-state index in [0.717, 1.165) is 26.9 Å². The van der Waals surface area contributed by atoms with E-state index >= 15 is 0 Å². The number of methoxy groups -OCH3 is 1. The molecule has 19 heavy (non-hydrogen) atoms. The van der Waals surface area contributed by atoms with Crippen LogP contribution >= 0.6 is 15.9 Å². The smallest absolute Gasteiger partial charge is 0.119 e. The summed E-state index contributed by atoms with van der Waals surface area (Å²) in [6, 6.07) is 14.1. The first kappa shape index (κ1) is 14.1. The van der Waals surface area contributed by atoms with Crippen molar-refractivity contribution in [2.45, 2.75) is 19.4 Å². The number of hydrogen-bond acceptors (Lipinski definition) is 2. The van der Waals surface area contributed by atoms with Gasteiger partial charge in [0, 0.05) is 4.47 Å². The number of ether oxygens (including phenoxy) is 1. The zero-order valence-electron chi connectivity index (χ0n) is 11.4. The highest BCUT2D eigenvalue weighted by molar-refractivity contribution is 9.10. The highest BCUT2D eigenvalue weighted by Crippen LogP contribution is 2.34. The van der Waals surface area contributed by atoms with Gasteiger partial charge in [-0.05, 0) is 48.7 Å². The van der Waals surface area contributed by atoms with Crippen molar-refractivity contribution in [2.75, 3.05) is 7.11 Å². The third-order valence-electron chi connectivity index (χ3n) is 3.43. The largest absolute Gasteiger partial charge is 0.497 e. The van der Waals surface area contributed by atoms with Crippen molar-refractivity contribution in [1.29, 1.82) is 0 Å². The molecule has 3 heteroatoms. The van der Waals surface area contributed by atoms with Gasteiger partial charge in [-0.15, -0.1) is 0 Å². The van der Waals surface area contributed by atoms with Crippen molar-refractivity contribution in [2.24, 2.45) is 5.73 Å². The third kappa shape index (κ3) is 2.67. The minimum absolute atomic E-state index is 0.545. The monoisotopic (exact) mass is 319 g/mol. The predicted molar refractivity (Wildman–Crippen MR) is 82.5 cm³/mol. The molecule has 0 bridgehead atoms. The lowest BCUT2D eigenvalue weighted by molar-refractivity contribution is 0.414. The van der Waals surface area contributed by atoms with E-state index in [9.17, 15) is 0 Å². The summed E-state index contributed by atoms with van der Waals surface area (Å²) in [7, 11) is 1.67. The molecule has 0 heterocycles. The Labute approximate surface area is 122 Å². The summed E-state index contributed by atoms with van der Waals surface area (Å²) < 4.78 is 6.27. The van der Waals surface area contributed by atoms with Gasteiger partial charge in [-0.1, -0.05) is 40.2 Å². The van der Waals surface area contributed by atoms with Gasteiger partial charge in [-0.25, -0.2) is 0 Å². The SMILES string of the molecule is COc1ccc(C(C)(N)c2ccccc2Br)c(C)c1. The summed E-state index contributed by atoms with van der Waals surface area (Å²) in [6.45, 7) is 4.09. The minimum Gasteiger partial charge on any atom is -0.497 e. The van der Waals surface area contributed by atoms with Crippen LogP contribution in [0.2, 0.25) is 0 Å². The van der Waals surface area contributed by atoms with E-state index < -0.39 is 5.54 Å². The standard InChI is InChI=1S/C16H18BrNO/c1-11-10-12(19-3)8-9-13(11)16(2,18)14-6-4-5-7-15(14)17/h4-10H,18H2,1-3H3. The van der Waals surface area contributed by atoms with Crippen LogP contribution in [0, 0.1) is 6.92 Å². The summed E-state index contributed by atoms with van der Waals surface area (Å²) in [6.07, 6.45) is 0. The van der Waals surface area contributed by atoms with Gasteiger partial charge in [0.05, 0.1) is 12.6 Å². The number of rotatable bonds is 3. The third-order valence-corrected chi connectivity index (χ3v) is 4.12. The maximum atomic E-state index is 6.58. The molecule has 2 aromatic rings. The number of benzene rings is 2. The fourth-order valence-electron chi connectivity index (χ4n) is 2.37. The van der Waals surface area contributed by atoms with E-state index in [4.69, 9.17) is 10.5 Å². The van der Waals surface area contributed by atoms with E-state index in [-0.39, 0.29) is 0 Å². The zero-order valence-corrected chi connectivity index (χ0v) is 13.0. The minimum atomic E-state index is -0.545. The molecule has 0 saturated carbocycles. The second-order valence-corrected chi connectivity index (χ2v) is 5.72. The topological polar surface area (TPSA) is 35.2 Å². The molecule has 0 fully saturated rings. The highest BCUT2D eigenvalue weighted by atomic mass is 79.9. The Kier molecular flexibility index (Phi) is 3.97. The van der Waals surface area contributed by atoms with Crippen molar-refractivity contribution in [3.63, 3.8) is 0 Å². The van der Waals surface area contributed by atoms with Gasteiger partial charge in [0.15, 0.2) is 0 Å². The Morgan fingerprint density at radius 3 is 2.37 bits per heavy atom. The second kappa shape index (κ2) is 5.35. The van der Waals surface area contributed by atoms with E-state index in [1.807, 2.05) is 49.4 Å². The fraction of sp³-hybridized carbons (Fsp3) is 0.250. The molecule has 0 saturated heterocycles. The predicted octanol–water partition coefficient (Wildman–Crippen LogP) is 3.99. The molecule has 0 aliphatic carbocycles. The summed E-state index contributed by atoms with van der Waals surface area (Å²) in [5, 5.41) is 0. The lowest BCUT2D eigenvalue weighted by Gasteiger charge is -2.29. The molecule has 2 nitrogen and oxygen atoms in total. The van der Waals surface area contributed by atoms with E-state index in [1.54, 1.807) is 7.11 Å². The van der Waals surface area contributed by atoms with Crippen LogP contribution in [-0.2, 0) is 5.54 Å². The first-order chi connectivity index (χ1) is 8.96. The molecule has 2 N–H and O–H groups in total. The van der Waals surface area contributed by atoms with Crippen LogP contribution in [0.3, 0.4) is 0 Å². The highest BCUT2D eigenvalue weighted by Gasteiger charge is 2.27. The van der Waals surface area contributed by atoms with Crippen molar-refractivity contribution in [1.82, 2.24) is 0 Å². The van der Waals surface area contributed by atoms with Crippen LogP contribution in [0.1, 0.15) is 23.6 Å². The maximum Gasteiger partial charge on any atom is 0.119 e. The molecule has 1 atom stereocenters. The van der Waals surface area contributed by atoms with E-state index in [2.05, 4.69) is 22.9 Å². The molecule has 0 aromatic heterocycles. The molecule has 1 unspecified atom stereocenters. The van der Waals surface area contributed by atoms with Crippen LogP contribution in [0.25, 0.3) is 0 Å². The van der Waals surface area contributed by atoms with E-state index in [1.165, 1.54) is 0 Å². The Balaban J connectivity index is 2.53. The zero-order chi connectivity index (χ0) is 14.0. The second-order valence-electron chi connectivity index (χ2n) is 4.86. The van der Waals surface area contributed by atoms with Crippen LogP contribution in [0.5, 0.6) is 5.75 Å². The van der Waals surface area contributed by atoms with Crippen molar-refractivity contribution in [3.05, 3.63) is 63.6 Å². The normalized spacial score (nSPS) is 13.9. The van der Waals surface area contributed by atoms with Gasteiger partial charge in [0.1, 0.15) is 5.75 Å². The summed E-state index contributed by atoms with van der Waals surface area (Å²) in [5.41, 5.74) is 9.33. The van der Waals surface area contributed by atoms with Crippen LogP contribution < -0.4 is 10.5 Å². The Morgan fingerprint density at radius 1 is 1.11 bits per heavy atom. The molecular formula is C16H18BrNO. The van der Waals surface area contributed by atoms with E-state index in [0.29, 0.717) is 0 Å². The van der Waals surface area contributed by atoms with Gasteiger partial charge in [0.2, 0.25) is 0 Å². The molecule has 2 aromatic carbocycles. The molecule has 0 aliphatic rings. The summed E-state index contributed by atoms with van der Waals surface area (Å²) in [5.74, 6) is 0.851. The van der Waals surface area contributed by atoms with Crippen LogP contribution in [0.15, 0.2) is 46.9 Å². The number of aryl methyl sites for hydroxylation is 1. The lowest BCUT2D eigenvalue weighted by atomic mass is 9.83. The molecule has 0 amide bonds. The molecule has 0 aliphatic heterocycles. The number of halogens is 1. The molecule has 2 rings (SSSR count). The lowest BCUT2D eigenvalue weighted by Crippen LogP contribution is -2.35. The first-order valence-electron chi connectivity index (χ1n) is 6.16. The van der Waals surface area contributed by atoms with Gasteiger partial charge in [-0.2, -0.15) is 0 Å². The van der Waals surface area contributed by atoms with Gasteiger partial charge >= 0.3 is 0 Å². The molecule has 0 spiro atoms. The van der Waals surface area contributed by atoms with Crippen molar-refractivity contribution < 1.29 is 4.74 Å². The summed E-state index contributed by atoms with van der Waals surface area (Å²) >= 11 is 3.58. The van der Waals surface area contributed by atoms with Crippen molar-refractivity contribution in [3.8, 4) is 5.75 Å². The Morgan fingerprint density at radius 2 is 1.79 bits per heavy atom. The first-order valence-corrected chi connectivity index (χ1v) is 6.95. The fourth-order valence-corrected chi connectivity index (χ4v) is 3.07. The van der Waals surface area contributed by atoms with Crippen LogP contribution in [-0.4, -0.2) is 7.11 Å². The molecule has 100 valence electrons. The number of nitrogens with two attached hydrogens (primary N) is 1. The Bertz CT molecular complexity index is 593.